The summed E-state index contributed by atoms with van der Waals surface area (Å²) in [6.07, 6.45) is 12.8. The van der Waals surface area contributed by atoms with E-state index in [1.54, 1.807) is 0 Å². The number of hydrogen-bond donors (Lipinski definition) is 1. The van der Waals surface area contributed by atoms with Gasteiger partial charge in [0.2, 0.25) is 0 Å². The summed E-state index contributed by atoms with van der Waals surface area (Å²) in [5.41, 5.74) is 8.56. The van der Waals surface area contributed by atoms with Crippen LogP contribution in [0.25, 0.3) is 0 Å². The molecule has 0 aliphatic heterocycles. The van der Waals surface area contributed by atoms with Crippen molar-refractivity contribution in [3.63, 3.8) is 0 Å². The van der Waals surface area contributed by atoms with E-state index in [1.807, 2.05) is 39.6 Å². The average molecular weight is 281 g/mol. The Labute approximate surface area is 122 Å². The molecule has 110 valence electrons. The highest BCUT2D eigenvalue weighted by Crippen LogP contribution is 2.23. The van der Waals surface area contributed by atoms with Gasteiger partial charge in [-0.2, -0.15) is 0 Å². The highest BCUT2D eigenvalue weighted by molar-refractivity contribution is 7.15. The standard InChI is InChI=1S/C14H21N.C2H6.CH5P/c1-4-5-14(12(3)15)10-13-8-6-11(2)7-9-13;2*1-2/h4-8,12-13H,1,9-10,15H2,2-3H3;1-2H3;2H2,1H3/b14-5-;;. The van der Waals surface area contributed by atoms with Crippen LogP contribution in [0.15, 0.2) is 48.1 Å². The van der Waals surface area contributed by atoms with Crippen molar-refractivity contribution in [3.8, 4) is 0 Å². The van der Waals surface area contributed by atoms with Gasteiger partial charge in [-0.15, -0.1) is 9.24 Å². The maximum Gasteiger partial charge on any atom is 0.0228 e. The highest BCUT2D eigenvalue weighted by atomic mass is 31.0. The minimum atomic E-state index is 0.128. The van der Waals surface area contributed by atoms with Crippen LogP contribution in [0.4, 0.5) is 0 Å². The van der Waals surface area contributed by atoms with Gasteiger partial charge < -0.3 is 5.73 Å². The van der Waals surface area contributed by atoms with Gasteiger partial charge in [0, 0.05) is 6.04 Å². The van der Waals surface area contributed by atoms with E-state index in [2.05, 4.69) is 41.0 Å². The maximum absolute atomic E-state index is 5.91. The van der Waals surface area contributed by atoms with Gasteiger partial charge in [0.15, 0.2) is 0 Å². The number of nitrogens with two attached hydrogens (primary N) is 1. The maximum atomic E-state index is 5.91. The van der Waals surface area contributed by atoms with Gasteiger partial charge in [-0.3, -0.25) is 0 Å². The largest absolute Gasteiger partial charge is 0.324 e. The summed E-state index contributed by atoms with van der Waals surface area (Å²) < 4.78 is 0. The van der Waals surface area contributed by atoms with Crippen LogP contribution in [-0.2, 0) is 0 Å². The van der Waals surface area contributed by atoms with Crippen LogP contribution < -0.4 is 5.73 Å². The smallest absolute Gasteiger partial charge is 0.0228 e. The van der Waals surface area contributed by atoms with Crippen LogP contribution in [0.5, 0.6) is 0 Å². The van der Waals surface area contributed by atoms with Crippen LogP contribution in [-0.4, -0.2) is 12.7 Å². The van der Waals surface area contributed by atoms with Gasteiger partial charge in [-0.25, -0.2) is 0 Å². The molecule has 0 heterocycles. The molecular weight excluding hydrogens is 249 g/mol. The molecule has 3 atom stereocenters. The lowest BCUT2D eigenvalue weighted by atomic mass is 9.89. The van der Waals surface area contributed by atoms with Crippen LogP contribution in [0, 0.1) is 5.92 Å². The minimum Gasteiger partial charge on any atom is -0.324 e. The topological polar surface area (TPSA) is 26.0 Å². The third kappa shape index (κ3) is 9.87. The number of hydrogen-bond acceptors (Lipinski definition) is 1. The molecule has 0 saturated carbocycles. The zero-order chi connectivity index (χ0) is 15.3. The summed E-state index contributed by atoms with van der Waals surface area (Å²) in [6, 6.07) is 0.128. The van der Waals surface area contributed by atoms with Crippen molar-refractivity contribution in [1.29, 1.82) is 0 Å². The number of allylic oxidation sites excluding steroid dienone is 6. The van der Waals surface area contributed by atoms with Gasteiger partial charge in [0.1, 0.15) is 0 Å². The molecule has 1 aliphatic rings. The van der Waals surface area contributed by atoms with E-state index in [9.17, 15) is 0 Å². The Kier molecular flexibility index (Phi) is 15.0. The Morgan fingerprint density at radius 1 is 1.53 bits per heavy atom. The molecule has 0 saturated heterocycles. The summed E-state index contributed by atoms with van der Waals surface area (Å²) in [7, 11) is 2.42. The van der Waals surface area contributed by atoms with Crippen molar-refractivity contribution in [2.45, 2.75) is 46.6 Å². The first kappa shape index (κ1) is 20.7. The minimum absolute atomic E-state index is 0.128. The van der Waals surface area contributed by atoms with Crippen LogP contribution >= 0.6 is 9.24 Å². The zero-order valence-electron chi connectivity index (χ0n) is 13.3. The fourth-order valence-electron chi connectivity index (χ4n) is 1.78. The van der Waals surface area contributed by atoms with E-state index in [1.165, 1.54) is 11.1 Å². The molecule has 0 amide bonds. The molecular formula is C17H32NP. The Bertz CT molecular complexity index is 311. The fraction of sp³-hybridized carbons (Fsp3) is 0.529. The second-order valence-electron chi connectivity index (χ2n) is 4.27. The second-order valence-corrected chi connectivity index (χ2v) is 4.27. The number of rotatable bonds is 4. The quantitative estimate of drug-likeness (QED) is 0.577. The normalized spacial score (nSPS) is 19.2. The Morgan fingerprint density at radius 3 is 2.47 bits per heavy atom. The highest BCUT2D eigenvalue weighted by Gasteiger charge is 2.11. The van der Waals surface area contributed by atoms with Gasteiger partial charge in [0.25, 0.3) is 0 Å². The summed E-state index contributed by atoms with van der Waals surface area (Å²) in [5, 5.41) is 0. The third-order valence-electron chi connectivity index (χ3n) is 2.79. The first-order valence-corrected chi connectivity index (χ1v) is 8.28. The lowest BCUT2D eigenvalue weighted by Gasteiger charge is -2.18. The van der Waals surface area contributed by atoms with Crippen molar-refractivity contribution in [2.24, 2.45) is 11.7 Å². The third-order valence-corrected chi connectivity index (χ3v) is 2.79. The summed E-state index contributed by atoms with van der Waals surface area (Å²) in [5.74, 6) is 0.603. The van der Waals surface area contributed by atoms with Crippen LogP contribution in [0.2, 0.25) is 0 Å². The fourth-order valence-corrected chi connectivity index (χ4v) is 1.78. The van der Waals surface area contributed by atoms with Gasteiger partial charge in [-0.1, -0.05) is 68.6 Å². The van der Waals surface area contributed by atoms with Crippen molar-refractivity contribution < 1.29 is 0 Å². The Morgan fingerprint density at radius 2 is 2.11 bits per heavy atom. The molecule has 19 heavy (non-hydrogen) atoms. The van der Waals surface area contributed by atoms with Crippen LogP contribution in [0.3, 0.4) is 0 Å². The molecule has 1 aliphatic carbocycles. The molecule has 0 radical (unpaired) electrons. The molecule has 0 bridgehead atoms. The summed E-state index contributed by atoms with van der Waals surface area (Å²) >= 11 is 0. The van der Waals surface area contributed by atoms with Crippen molar-refractivity contribution in [3.05, 3.63) is 48.1 Å². The van der Waals surface area contributed by atoms with Crippen molar-refractivity contribution in [2.75, 3.05) is 6.66 Å². The van der Waals surface area contributed by atoms with Crippen molar-refractivity contribution in [1.82, 2.24) is 0 Å². The van der Waals surface area contributed by atoms with Gasteiger partial charge >= 0.3 is 0 Å². The molecule has 2 N–H and O–H groups in total. The van der Waals surface area contributed by atoms with E-state index >= 15 is 0 Å². The first-order chi connectivity index (χ1) is 9.13. The molecule has 0 aromatic heterocycles. The van der Waals surface area contributed by atoms with E-state index in [4.69, 9.17) is 5.73 Å². The monoisotopic (exact) mass is 281 g/mol. The van der Waals surface area contributed by atoms with Gasteiger partial charge in [0.05, 0.1) is 0 Å². The SMILES string of the molecule is C=C/C=C(/CC1C=CC(C)=CC1)C(C)N.CC.CP. The molecule has 1 rings (SSSR count). The van der Waals surface area contributed by atoms with E-state index in [0.29, 0.717) is 5.92 Å². The van der Waals surface area contributed by atoms with E-state index < -0.39 is 0 Å². The first-order valence-electron chi connectivity index (χ1n) is 7.13. The van der Waals surface area contributed by atoms with Crippen LogP contribution in [0.1, 0.15) is 40.5 Å². The molecule has 0 spiro atoms. The molecule has 2 heteroatoms. The van der Waals surface area contributed by atoms with Gasteiger partial charge in [-0.05, 0) is 32.6 Å². The van der Waals surface area contributed by atoms with E-state index in [0.717, 1.165) is 12.8 Å². The second kappa shape index (κ2) is 13.8. The molecule has 3 unspecified atom stereocenters. The zero-order valence-corrected chi connectivity index (χ0v) is 14.5. The van der Waals surface area contributed by atoms with E-state index in [-0.39, 0.29) is 6.04 Å². The predicted octanol–water partition coefficient (Wildman–Crippen LogP) is 4.88. The molecule has 0 aromatic carbocycles. The van der Waals surface area contributed by atoms with Crippen molar-refractivity contribution >= 4 is 9.24 Å². The lowest BCUT2D eigenvalue weighted by molar-refractivity contribution is 0.614. The Hall–Kier alpha value is -0.650. The lowest BCUT2D eigenvalue weighted by Crippen LogP contribution is -2.20. The predicted molar refractivity (Wildman–Crippen MR) is 94.5 cm³/mol. The Balaban J connectivity index is 0. The summed E-state index contributed by atoms with van der Waals surface area (Å²) in [6.45, 7) is 13.8. The molecule has 1 nitrogen and oxygen atoms in total. The summed E-state index contributed by atoms with van der Waals surface area (Å²) in [4.78, 5) is 0. The molecule has 0 fully saturated rings. The molecule has 0 aromatic rings. The average Bonchev–Trinajstić information content (AvgIpc) is 2.45.